The van der Waals surface area contributed by atoms with Gasteiger partial charge in [0.1, 0.15) is 5.75 Å². The lowest BCUT2D eigenvalue weighted by Gasteiger charge is -2.38. The van der Waals surface area contributed by atoms with Gasteiger partial charge in [0.05, 0.1) is 0 Å². The lowest BCUT2D eigenvalue weighted by molar-refractivity contribution is -0.274. The molecule has 1 amide bonds. The summed E-state index contributed by atoms with van der Waals surface area (Å²) in [6.45, 7) is 1.56. The van der Waals surface area contributed by atoms with E-state index in [2.05, 4.69) is 10.1 Å². The van der Waals surface area contributed by atoms with Crippen molar-refractivity contribution in [3.05, 3.63) is 64.7 Å². The first-order valence-electron chi connectivity index (χ1n) is 8.75. The summed E-state index contributed by atoms with van der Waals surface area (Å²) in [6.07, 6.45) is -3.28. The zero-order valence-electron chi connectivity index (χ0n) is 14.9. The van der Waals surface area contributed by atoms with E-state index in [1.807, 2.05) is 24.3 Å². The molecule has 1 saturated heterocycles. The second kappa shape index (κ2) is 8.41. The highest BCUT2D eigenvalue weighted by Gasteiger charge is 2.35. The predicted molar refractivity (Wildman–Crippen MR) is 98.6 cm³/mol. The highest BCUT2D eigenvalue weighted by molar-refractivity contribution is 6.30. The van der Waals surface area contributed by atoms with E-state index in [4.69, 9.17) is 16.3 Å². The van der Waals surface area contributed by atoms with E-state index in [9.17, 15) is 18.0 Å². The number of alkyl halides is 3. The first-order valence-corrected chi connectivity index (χ1v) is 9.13. The van der Waals surface area contributed by atoms with Crippen LogP contribution in [0.4, 0.5) is 13.2 Å². The average Bonchev–Trinajstić information content (AvgIpc) is 2.67. The van der Waals surface area contributed by atoms with Crippen LogP contribution in [-0.4, -0.2) is 32.0 Å². The minimum atomic E-state index is -4.77. The maximum atomic E-state index is 12.5. The van der Waals surface area contributed by atoms with Crippen molar-refractivity contribution in [2.45, 2.75) is 24.6 Å². The van der Waals surface area contributed by atoms with E-state index in [1.165, 1.54) is 12.1 Å². The van der Waals surface area contributed by atoms with Crippen molar-refractivity contribution in [1.82, 2.24) is 5.32 Å². The molecule has 2 aromatic carbocycles. The molecule has 0 saturated carbocycles. The smallest absolute Gasteiger partial charge is 0.406 e. The monoisotopic (exact) mass is 413 g/mol. The number of hydrogen-bond acceptors (Lipinski definition) is 3. The summed E-state index contributed by atoms with van der Waals surface area (Å²) in [5.74, 6) is -0.732. The summed E-state index contributed by atoms with van der Waals surface area (Å²) in [6, 6.07) is 12.4. The van der Waals surface area contributed by atoms with Crippen molar-refractivity contribution in [1.29, 1.82) is 0 Å². The molecule has 1 fully saturated rings. The van der Waals surface area contributed by atoms with Gasteiger partial charge in [0.2, 0.25) is 0 Å². The zero-order chi connectivity index (χ0) is 20.2. The Morgan fingerprint density at radius 3 is 2.25 bits per heavy atom. The molecule has 1 aliphatic rings. The number of rotatable bonds is 5. The zero-order valence-corrected chi connectivity index (χ0v) is 15.6. The normalized spacial score (nSPS) is 16.4. The highest BCUT2D eigenvalue weighted by atomic mass is 35.5. The molecule has 0 spiro atoms. The van der Waals surface area contributed by atoms with Gasteiger partial charge < -0.3 is 14.8 Å². The van der Waals surface area contributed by atoms with E-state index >= 15 is 0 Å². The van der Waals surface area contributed by atoms with Crippen LogP contribution in [0.15, 0.2) is 48.5 Å². The third kappa shape index (κ3) is 5.17. The Kier molecular flexibility index (Phi) is 6.15. The van der Waals surface area contributed by atoms with Gasteiger partial charge in [0.25, 0.3) is 5.91 Å². The summed E-state index contributed by atoms with van der Waals surface area (Å²) in [7, 11) is 0. The molecule has 1 N–H and O–H groups in total. The number of carbonyl (C=O) groups is 1. The van der Waals surface area contributed by atoms with Crippen molar-refractivity contribution >= 4 is 17.5 Å². The molecule has 8 heteroatoms. The molecular weight excluding hydrogens is 395 g/mol. The Labute approximate surface area is 165 Å². The third-order valence-electron chi connectivity index (χ3n) is 4.84. The summed E-state index contributed by atoms with van der Waals surface area (Å²) in [5.41, 5.74) is 1.04. The fourth-order valence-corrected chi connectivity index (χ4v) is 3.42. The topological polar surface area (TPSA) is 47.6 Å². The number of halogens is 4. The van der Waals surface area contributed by atoms with Crippen molar-refractivity contribution in [2.24, 2.45) is 0 Å². The van der Waals surface area contributed by atoms with Gasteiger partial charge in [-0.15, -0.1) is 13.2 Å². The van der Waals surface area contributed by atoms with Crippen LogP contribution in [0, 0.1) is 0 Å². The van der Waals surface area contributed by atoms with Crippen LogP contribution < -0.4 is 10.1 Å². The molecule has 0 radical (unpaired) electrons. The molecule has 150 valence electrons. The van der Waals surface area contributed by atoms with E-state index in [1.54, 1.807) is 0 Å². The minimum absolute atomic E-state index is 0.257. The molecule has 0 aromatic heterocycles. The summed E-state index contributed by atoms with van der Waals surface area (Å²) >= 11 is 5.98. The lowest BCUT2D eigenvalue weighted by atomic mass is 9.74. The second-order valence-corrected chi connectivity index (χ2v) is 7.09. The quantitative estimate of drug-likeness (QED) is 0.771. The van der Waals surface area contributed by atoms with Crippen molar-refractivity contribution in [2.75, 3.05) is 19.8 Å². The number of ether oxygens (including phenoxy) is 2. The third-order valence-corrected chi connectivity index (χ3v) is 5.10. The van der Waals surface area contributed by atoms with Crippen LogP contribution in [0.25, 0.3) is 0 Å². The summed E-state index contributed by atoms with van der Waals surface area (Å²) < 4.78 is 46.0. The van der Waals surface area contributed by atoms with Crippen LogP contribution in [0.2, 0.25) is 5.02 Å². The molecule has 1 heterocycles. The molecule has 4 nitrogen and oxygen atoms in total. The number of amides is 1. The van der Waals surface area contributed by atoms with Gasteiger partial charge >= 0.3 is 6.36 Å². The lowest BCUT2D eigenvalue weighted by Crippen LogP contribution is -2.44. The SMILES string of the molecule is O=C(NCC1(c2ccc(Cl)cc2)CCOCC1)c1ccc(OC(F)(F)F)cc1. The first kappa shape index (κ1) is 20.5. The number of carbonyl (C=O) groups excluding carboxylic acids is 1. The fraction of sp³-hybridized carbons (Fsp3) is 0.350. The van der Waals surface area contributed by atoms with E-state index in [0.717, 1.165) is 30.5 Å². The fourth-order valence-electron chi connectivity index (χ4n) is 3.29. The molecule has 1 aliphatic heterocycles. The molecule has 3 rings (SSSR count). The Balaban J connectivity index is 1.69. The Hall–Kier alpha value is -2.25. The Morgan fingerprint density at radius 2 is 1.68 bits per heavy atom. The van der Waals surface area contributed by atoms with E-state index in [0.29, 0.717) is 24.8 Å². The van der Waals surface area contributed by atoms with Crippen molar-refractivity contribution < 1.29 is 27.4 Å². The van der Waals surface area contributed by atoms with Gasteiger partial charge in [-0.25, -0.2) is 0 Å². The molecular formula is C20H19ClF3NO3. The largest absolute Gasteiger partial charge is 0.573 e. The number of nitrogens with one attached hydrogen (secondary N) is 1. The van der Waals surface area contributed by atoms with Crippen molar-refractivity contribution in [3.63, 3.8) is 0 Å². The van der Waals surface area contributed by atoms with Gasteiger partial charge in [-0.3, -0.25) is 4.79 Å². The van der Waals surface area contributed by atoms with Crippen molar-refractivity contribution in [3.8, 4) is 5.75 Å². The van der Waals surface area contributed by atoms with Crippen LogP contribution in [0.3, 0.4) is 0 Å². The summed E-state index contributed by atoms with van der Waals surface area (Å²) in [4.78, 5) is 12.5. The van der Waals surface area contributed by atoms with Gasteiger partial charge in [-0.1, -0.05) is 23.7 Å². The molecule has 0 atom stereocenters. The van der Waals surface area contributed by atoms with Gasteiger partial charge in [0, 0.05) is 35.8 Å². The maximum absolute atomic E-state index is 12.5. The van der Waals surface area contributed by atoms with Gasteiger partial charge in [-0.05, 0) is 54.8 Å². The minimum Gasteiger partial charge on any atom is -0.406 e. The van der Waals surface area contributed by atoms with Crippen LogP contribution >= 0.6 is 11.6 Å². The number of hydrogen-bond donors (Lipinski definition) is 1. The first-order chi connectivity index (χ1) is 13.3. The van der Waals surface area contributed by atoms with Gasteiger partial charge in [0.15, 0.2) is 0 Å². The van der Waals surface area contributed by atoms with Crippen LogP contribution in [0.5, 0.6) is 5.75 Å². The van der Waals surface area contributed by atoms with E-state index in [-0.39, 0.29) is 22.6 Å². The highest BCUT2D eigenvalue weighted by Crippen LogP contribution is 2.35. The average molecular weight is 414 g/mol. The Morgan fingerprint density at radius 1 is 1.07 bits per heavy atom. The molecule has 28 heavy (non-hydrogen) atoms. The van der Waals surface area contributed by atoms with E-state index < -0.39 is 6.36 Å². The predicted octanol–water partition coefficient (Wildman–Crippen LogP) is 4.72. The summed E-state index contributed by atoms with van der Waals surface area (Å²) in [5, 5.41) is 3.54. The standard InChI is InChI=1S/C20H19ClF3NO3/c21-16-5-3-15(4-6-16)19(9-11-27-12-10-19)13-25-18(26)14-1-7-17(8-2-14)28-20(22,23)24/h1-8H,9-13H2,(H,25,26). The second-order valence-electron chi connectivity index (χ2n) is 6.65. The van der Waals surface area contributed by atoms with Crippen LogP contribution in [0.1, 0.15) is 28.8 Å². The molecule has 0 aliphatic carbocycles. The molecule has 0 unspecified atom stereocenters. The molecule has 2 aromatic rings. The number of benzene rings is 2. The van der Waals surface area contributed by atoms with Gasteiger partial charge in [-0.2, -0.15) is 0 Å². The molecule has 0 bridgehead atoms. The van der Waals surface area contributed by atoms with Crippen LogP contribution in [-0.2, 0) is 10.2 Å². The Bertz CT molecular complexity index is 801. The maximum Gasteiger partial charge on any atom is 0.573 e.